The van der Waals surface area contributed by atoms with E-state index >= 15 is 0 Å². The summed E-state index contributed by atoms with van der Waals surface area (Å²) in [5, 5.41) is 0. The van der Waals surface area contributed by atoms with Crippen molar-refractivity contribution in [2.24, 2.45) is 5.92 Å². The zero-order chi connectivity index (χ0) is 27.1. The molecule has 1 atom stereocenters. The highest BCUT2D eigenvalue weighted by molar-refractivity contribution is 5.69. The number of carbonyl (C=O) groups is 1. The molecular weight excluding hydrogens is 452 g/mol. The van der Waals surface area contributed by atoms with Gasteiger partial charge in [-0.15, -0.1) is 0 Å². The molecule has 0 saturated carbocycles. The Labute approximate surface area is 234 Å². The van der Waals surface area contributed by atoms with E-state index in [1.165, 1.54) is 148 Å². The molecule has 1 unspecified atom stereocenters. The fraction of sp³-hybridized carbons (Fsp3) is 0.914. The molecule has 0 aliphatic rings. The van der Waals surface area contributed by atoms with Crippen molar-refractivity contribution in [3.05, 3.63) is 12.2 Å². The molecule has 0 rings (SSSR count). The van der Waals surface area contributed by atoms with Crippen molar-refractivity contribution in [1.82, 2.24) is 0 Å². The highest BCUT2D eigenvalue weighted by Crippen LogP contribution is 2.16. The summed E-state index contributed by atoms with van der Waals surface area (Å²) in [6, 6.07) is 0. The SMILES string of the molecule is CCCCCC/C=C\CCCCCCCC(=O)OCCCCCCCCCCCCCCCC(C)CC. The summed E-state index contributed by atoms with van der Waals surface area (Å²) in [7, 11) is 0. The fourth-order valence-electron chi connectivity index (χ4n) is 4.99. The lowest BCUT2D eigenvalue weighted by molar-refractivity contribution is -0.143. The van der Waals surface area contributed by atoms with Crippen LogP contribution in [0.1, 0.15) is 194 Å². The highest BCUT2D eigenvalue weighted by Gasteiger charge is 2.03. The van der Waals surface area contributed by atoms with Gasteiger partial charge in [-0.25, -0.2) is 0 Å². The molecule has 0 fully saturated rings. The van der Waals surface area contributed by atoms with Gasteiger partial charge in [0.15, 0.2) is 0 Å². The first kappa shape index (κ1) is 36.2. The highest BCUT2D eigenvalue weighted by atomic mass is 16.5. The van der Waals surface area contributed by atoms with Crippen LogP contribution in [-0.2, 0) is 9.53 Å². The van der Waals surface area contributed by atoms with Crippen LogP contribution in [0.3, 0.4) is 0 Å². The quantitative estimate of drug-likeness (QED) is 0.0534. The maximum absolute atomic E-state index is 11.9. The molecule has 37 heavy (non-hydrogen) atoms. The zero-order valence-electron chi connectivity index (χ0n) is 25.8. The molecule has 0 heterocycles. The number of carbonyl (C=O) groups excluding carboxylic acids is 1. The average molecular weight is 521 g/mol. The van der Waals surface area contributed by atoms with Gasteiger partial charge < -0.3 is 4.74 Å². The van der Waals surface area contributed by atoms with Gasteiger partial charge in [-0.05, 0) is 44.4 Å². The maximum atomic E-state index is 11.9. The van der Waals surface area contributed by atoms with E-state index in [4.69, 9.17) is 4.74 Å². The van der Waals surface area contributed by atoms with Crippen LogP contribution in [0.2, 0.25) is 0 Å². The number of hydrogen-bond donors (Lipinski definition) is 0. The first-order valence-corrected chi connectivity index (χ1v) is 17.0. The van der Waals surface area contributed by atoms with Gasteiger partial charge in [0, 0.05) is 6.42 Å². The number of hydrogen-bond acceptors (Lipinski definition) is 2. The van der Waals surface area contributed by atoms with Crippen molar-refractivity contribution in [2.75, 3.05) is 6.61 Å². The second kappa shape index (κ2) is 31.4. The minimum Gasteiger partial charge on any atom is -0.466 e. The van der Waals surface area contributed by atoms with E-state index in [-0.39, 0.29) is 5.97 Å². The monoisotopic (exact) mass is 521 g/mol. The van der Waals surface area contributed by atoms with Crippen molar-refractivity contribution in [3.8, 4) is 0 Å². The molecule has 0 spiro atoms. The molecule has 0 saturated heterocycles. The summed E-state index contributed by atoms with van der Waals surface area (Å²) < 4.78 is 5.43. The van der Waals surface area contributed by atoms with Gasteiger partial charge in [0.25, 0.3) is 0 Å². The third-order valence-electron chi connectivity index (χ3n) is 7.94. The summed E-state index contributed by atoms with van der Waals surface area (Å²) >= 11 is 0. The van der Waals surface area contributed by atoms with Gasteiger partial charge in [-0.3, -0.25) is 4.79 Å². The van der Waals surface area contributed by atoms with Crippen molar-refractivity contribution in [3.63, 3.8) is 0 Å². The summed E-state index contributed by atoms with van der Waals surface area (Å²) in [5.41, 5.74) is 0. The number of rotatable bonds is 30. The van der Waals surface area contributed by atoms with Gasteiger partial charge >= 0.3 is 5.97 Å². The van der Waals surface area contributed by atoms with Crippen molar-refractivity contribution in [2.45, 2.75) is 194 Å². The lowest BCUT2D eigenvalue weighted by Crippen LogP contribution is -2.05. The molecule has 220 valence electrons. The van der Waals surface area contributed by atoms with Gasteiger partial charge in [-0.1, -0.05) is 161 Å². The van der Waals surface area contributed by atoms with E-state index in [0.717, 1.165) is 25.2 Å². The van der Waals surface area contributed by atoms with E-state index < -0.39 is 0 Å². The van der Waals surface area contributed by atoms with Crippen molar-refractivity contribution in [1.29, 1.82) is 0 Å². The van der Waals surface area contributed by atoms with Crippen LogP contribution >= 0.6 is 0 Å². The van der Waals surface area contributed by atoms with Crippen LogP contribution in [-0.4, -0.2) is 12.6 Å². The fourth-order valence-corrected chi connectivity index (χ4v) is 4.99. The largest absolute Gasteiger partial charge is 0.466 e. The van der Waals surface area contributed by atoms with Crippen LogP contribution in [0.15, 0.2) is 12.2 Å². The van der Waals surface area contributed by atoms with Crippen LogP contribution in [0, 0.1) is 5.92 Å². The molecule has 2 heteroatoms. The molecule has 0 amide bonds. The predicted octanol–water partition coefficient (Wildman–Crippen LogP) is 12.3. The Balaban J connectivity index is 3.19. The first-order chi connectivity index (χ1) is 18.2. The molecule has 0 aromatic carbocycles. The number of allylic oxidation sites excluding steroid dienone is 2. The topological polar surface area (TPSA) is 26.3 Å². The van der Waals surface area contributed by atoms with E-state index in [1.54, 1.807) is 0 Å². The third kappa shape index (κ3) is 31.3. The van der Waals surface area contributed by atoms with E-state index in [0.29, 0.717) is 13.0 Å². The second-order valence-corrected chi connectivity index (χ2v) is 11.7. The molecule has 2 nitrogen and oxygen atoms in total. The molecule has 0 N–H and O–H groups in total. The minimum atomic E-state index is 0.0153. The van der Waals surface area contributed by atoms with E-state index in [2.05, 4.69) is 32.9 Å². The van der Waals surface area contributed by atoms with Crippen LogP contribution in [0.5, 0.6) is 0 Å². The molecular formula is C35H68O2. The van der Waals surface area contributed by atoms with Gasteiger partial charge in [0.2, 0.25) is 0 Å². The summed E-state index contributed by atoms with van der Waals surface area (Å²) in [6.45, 7) is 7.58. The Morgan fingerprint density at radius 3 is 1.51 bits per heavy atom. The number of ether oxygens (including phenoxy) is 1. The lowest BCUT2D eigenvalue weighted by Gasteiger charge is -2.07. The zero-order valence-corrected chi connectivity index (χ0v) is 25.8. The molecule has 0 aromatic heterocycles. The predicted molar refractivity (Wildman–Crippen MR) is 165 cm³/mol. The van der Waals surface area contributed by atoms with Gasteiger partial charge in [-0.2, -0.15) is 0 Å². The molecule has 0 radical (unpaired) electrons. The van der Waals surface area contributed by atoms with Crippen LogP contribution in [0.4, 0.5) is 0 Å². The summed E-state index contributed by atoms with van der Waals surface area (Å²) in [4.78, 5) is 11.9. The third-order valence-corrected chi connectivity index (χ3v) is 7.94. The average Bonchev–Trinajstić information content (AvgIpc) is 2.90. The number of esters is 1. The Bertz CT molecular complexity index is 470. The Morgan fingerprint density at radius 2 is 1.00 bits per heavy atom. The second-order valence-electron chi connectivity index (χ2n) is 11.7. The first-order valence-electron chi connectivity index (χ1n) is 17.0. The standard InChI is InChI=1S/C35H68O2/c1-4-6-7-8-9-10-11-13-17-20-23-26-29-32-35(36)37-33-30-27-24-21-18-15-12-14-16-19-22-25-28-31-34(3)5-2/h10-11,34H,4-9,12-33H2,1-3H3/b11-10-. The van der Waals surface area contributed by atoms with Gasteiger partial charge in [0.1, 0.15) is 0 Å². The van der Waals surface area contributed by atoms with Crippen molar-refractivity contribution >= 4 is 5.97 Å². The Hall–Kier alpha value is -0.790. The van der Waals surface area contributed by atoms with E-state index in [9.17, 15) is 4.79 Å². The molecule has 0 aliphatic carbocycles. The van der Waals surface area contributed by atoms with Crippen LogP contribution < -0.4 is 0 Å². The van der Waals surface area contributed by atoms with E-state index in [1.807, 2.05) is 0 Å². The molecule has 0 aliphatic heterocycles. The number of unbranched alkanes of at least 4 members (excludes halogenated alkanes) is 21. The normalized spacial score (nSPS) is 12.4. The van der Waals surface area contributed by atoms with Gasteiger partial charge in [0.05, 0.1) is 6.61 Å². The summed E-state index contributed by atoms with van der Waals surface area (Å²) in [5.74, 6) is 0.939. The molecule has 0 bridgehead atoms. The van der Waals surface area contributed by atoms with Crippen molar-refractivity contribution < 1.29 is 9.53 Å². The molecule has 0 aromatic rings. The maximum Gasteiger partial charge on any atom is 0.305 e. The minimum absolute atomic E-state index is 0.0153. The smallest absolute Gasteiger partial charge is 0.305 e. The Morgan fingerprint density at radius 1 is 0.568 bits per heavy atom. The summed E-state index contributed by atoms with van der Waals surface area (Å²) in [6.07, 6.45) is 39.7. The lowest BCUT2D eigenvalue weighted by atomic mass is 9.99. The Kier molecular flexibility index (Phi) is 30.8. The van der Waals surface area contributed by atoms with Crippen LogP contribution in [0.25, 0.3) is 0 Å².